The van der Waals surface area contributed by atoms with Crippen LogP contribution in [0.4, 0.5) is 4.39 Å². The van der Waals surface area contributed by atoms with E-state index in [1.807, 2.05) is 13.0 Å². The van der Waals surface area contributed by atoms with Crippen molar-refractivity contribution in [3.63, 3.8) is 0 Å². The van der Waals surface area contributed by atoms with E-state index in [2.05, 4.69) is 24.9 Å². The monoisotopic (exact) mass is 229 g/mol. The molecule has 0 saturated heterocycles. The summed E-state index contributed by atoms with van der Waals surface area (Å²) in [4.78, 5) is 4.50. The van der Waals surface area contributed by atoms with Gasteiger partial charge in [-0.3, -0.25) is 4.98 Å². The highest BCUT2D eigenvalue weighted by Crippen LogP contribution is 2.24. The average molecular weight is 229 g/mol. The largest absolute Gasteiger partial charge is 0.258 e. The minimum absolute atomic E-state index is 0.205. The molecule has 0 saturated carbocycles. The Kier molecular flexibility index (Phi) is 3.23. The molecule has 2 aromatic rings. The molecule has 0 amide bonds. The first-order chi connectivity index (χ1) is 8.06. The number of rotatable bonds is 2. The van der Waals surface area contributed by atoms with Crippen LogP contribution in [0.5, 0.6) is 0 Å². The maximum absolute atomic E-state index is 12.9. The first kappa shape index (κ1) is 11.8. The number of aryl methyl sites for hydroxylation is 1. The molecule has 0 unspecified atom stereocenters. The Balaban J connectivity index is 2.48. The smallest absolute Gasteiger partial charge is 0.123 e. The van der Waals surface area contributed by atoms with Gasteiger partial charge in [0.25, 0.3) is 0 Å². The van der Waals surface area contributed by atoms with E-state index in [1.165, 1.54) is 12.1 Å². The van der Waals surface area contributed by atoms with E-state index >= 15 is 0 Å². The van der Waals surface area contributed by atoms with Gasteiger partial charge in [0.2, 0.25) is 0 Å². The van der Waals surface area contributed by atoms with Gasteiger partial charge in [-0.2, -0.15) is 0 Å². The summed E-state index contributed by atoms with van der Waals surface area (Å²) in [6, 6.07) is 10.7. The lowest BCUT2D eigenvalue weighted by Gasteiger charge is -2.09. The Bertz CT molecular complexity index is 515. The Labute approximate surface area is 101 Å². The minimum Gasteiger partial charge on any atom is -0.258 e. The van der Waals surface area contributed by atoms with Crippen LogP contribution >= 0.6 is 0 Å². The Morgan fingerprint density at radius 3 is 2.24 bits per heavy atom. The summed E-state index contributed by atoms with van der Waals surface area (Å²) in [5.74, 6) is 0.192. The van der Waals surface area contributed by atoms with E-state index < -0.39 is 0 Å². The van der Waals surface area contributed by atoms with Crippen LogP contribution in [0, 0.1) is 12.7 Å². The lowest BCUT2D eigenvalue weighted by molar-refractivity contribution is 0.628. The number of halogens is 1. The molecule has 2 heteroatoms. The number of nitrogens with zero attached hydrogens (tertiary/aromatic N) is 1. The first-order valence-corrected chi connectivity index (χ1v) is 5.81. The van der Waals surface area contributed by atoms with Gasteiger partial charge in [-0.15, -0.1) is 0 Å². The number of hydrogen-bond donors (Lipinski definition) is 0. The quantitative estimate of drug-likeness (QED) is 0.747. The number of hydrogen-bond acceptors (Lipinski definition) is 1. The van der Waals surface area contributed by atoms with Crippen molar-refractivity contribution < 1.29 is 4.39 Å². The molecule has 1 aromatic heterocycles. The van der Waals surface area contributed by atoms with E-state index in [4.69, 9.17) is 0 Å². The molecule has 0 fully saturated rings. The van der Waals surface area contributed by atoms with E-state index in [-0.39, 0.29) is 5.82 Å². The highest BCUT2D eigenvalue weighted by Gasteiger charge is 2.06. The number of aromatic nitrogens is 1. The summed E-state index contributed by atoms with van der Waals surface area (Å²) in [6.45, 7) is 6.23. The molecule has 2 rings (SSSR count). The Hall–Kier alpha value is -1.70. The molecule has 0 aliphatic carbocycles. The Morgan fingerprint density at radius 1 is 1.00 bits per heavy atom. The van der Waals surface area contributed by atoms with Crippen molar-refractivity contribution in [3.05, 3.63) is 53.6 Å². The van der Waals surface area contributed by atoms with E-state index in [0.29, 0.717) is 5.92 Å². The molecular formula is C15H16FN. The zero-order valence-corrected chi connectivity index (χ0v) is 10.4. The topological polar surface area (TPSA) is 12.9 Å². The van der Waals surface area contributed by atoms with Crippen LogP contribution in [0.25, 0.3) is 11.1 Å². The van der Waals surface area contributed by atoms with Crippen molar-refractivity contribution >= 4 is 0 Å². The van der Waals surface area contributed by atoms with Gasteiger partial charge >= 0.3 is 0 Å². The SMILES string of the molecule is Cc1cc(-c2ccc(F)cc2)cc(C(C)C)n1. The molecule has 88 valence electrons. The van der Waals surface area contributed by atoms with Crippen LogP contribution < -0.4 is 0 Å². The molecule has 1 nitrogen and oxygen atoms in total. The molecule has 17 heavy (non-hydrogen) atoms. The van der Waals surface area contributed by atoms with Crippen molar-refractivity contribution in [2.75, 3.05) is 0 Å². The van der Waals surface area contributed by atoms with Crippen molar-refractivity contribution in [2.24, 2.45) is 0 Å². The van der Waals surface area contributed by atoms with Gasteiger partial charge in [-0.25, -0.2) is 4.39 Å². The molecule has 1 aromatic carbocycles. The van der Waals surface area contributed by atoms with Crippen LogP contribution in [0.15, 0.2) is 36.4 Å². The van der Waals surface area contributed by atoms with Crippen LogP contribution in [-0.2, 0) is 0 Å². The van der Waals surface area contributed by atoms with Crippen LogP contribution in [-0.4, -0.2) is 4.98 Å². The zero-order valence-electron chi connectivity index (χ0n) is 10.4. The number of pyridine rings is 1. The predicted molar refractivity (Wildman–Crippen MR) is 68.5 cm³/mol. The third-order valence-electron chi connectivity index (χ3n) is 2.74. The molecule has 0 radical (unpaired) electrons. The average Bonchev–Trinajstić information content (AvgIpc) is 2.29. The van der Waals surface area contributed by atoms with E-state index in [0.717, 1.165) is 22.5 Å². The maximum Gasteiger partial charge on any atom is 0.123 e. The van der Waals surface area contributed by atoms with E-state index in [1.54, 1.807) is 12.1 Å². The predicted octanol–water partition coefficient (Wildman–Crippen LogP) is 4.32. The molecule has 0 atom stereocenters. The second kappa shape index (κ2) is 4.66. The van der Waals surface area contributed by atoms with Gasteiger partial charge < -0.3 is 0 Å². The first-order valence-electron chi connectivity index (χ1n) is 5.81. The summed E-state index contributed by atoms with van der Waals surface area (Å²) in [7, 11) is 0. The molecule has 0 N–H and O–H groups in total. The highest BCUT2D eigenvalue weighted by molar-refractivity contribution is 5.64. The third-order valence-corrected chi connectivity index (χ3v) is 2.74. The van der Waals surface area contributed by atoms with Gasteiger partial charge in [0, 0.05) is 11.4 Å². The van der Waals surface area contributed by atoms with Gasteiger partial charge in [-0.1, -0.05) is 26.0 Å². The van der Waals surface area contributed by atoms with Crippen LogP contribution in [0.2, 0.25) is 0 Å². The third kappa shape index (κ3) is 2.70. The second-order valence-corrected chi connectivity index (χ2v) is 4.58. The summed E-state index contributed by atoms with van der Waals surface area (Å²) in [6.07, 6.45) is 0. The lowest BCUT2D eigenvalue weighted by Crippen LogP contribution is -1.95. The number of benzene rings is 1. The van der Waals surface area contributed by atoms with Crippen molar-refractivity contribution in [3.8, 4) is 11.1 Å². The van der Waals surface area contributed by atoms with Crippen molar-refractivity contribution in [2.45, 2.75) is 26.7 Å². The van der Waals surface area contributed by atoms with Crippen LogP contribution in [0.1, 0.15) is 31.2 Å². The van der Waals surface area contributed by atoms with Gasteiger partial charge in [0.1, 0.15) is 5.82 Å². The maximum atomic E-state index is 12.9. The molecule has 0 aliphatic heterocycles. The lowest BCUT2D eigenvalue weighted by atomic mass is 10.0. The molecule has 0 aliphatic rings. The van der Waals surface area contributed by atoms with E-state index in [9.17, 15) is 4.39 Å². The van der Waals surface area contributed by atoms with Crippen LogP contribution in [0.3, 0.4) is 0 Å². The summed E-state index contributed by atoms with van der Waals surface area (Å²) >= 11 is 0. The van der Waals surface area contributed by atoms with Crippen molar-refractivity contribution in [1.82, 2.24) is 4.98 Å². The fourth-order valence-corrected chi connectivity index (χ4v) is 1.80. The van der Waals surface area contributed by atoms with Gasteiger partial charge in [-0.05, 0) is 48.2 Å². The van der Waals surface area contributed by atoms with Crippen molar-refractivity contribution in [1.29, 1.82) is 0 Å². The normalized spacial score (nSPS) is 10.9. The van der Waals surface area contributed by atoms with Gasteiger partial charge in [0.05, 0.1) is 0 Å². The standard InChI is InChI=1S/C15H16FN/c1-10(2)15-9-13(8-11(3)17-15)12-4-6-14(16)7-5-12/h4-10H,1-3H3. The fourth-order valence-electron chi connectivity index (χ4n) is 1.80. The highest BCUT2D eigenvalue weighted by atomic mass is 19.1. The van der Waals surface area contributed by atoms with Gasteiger partial charge in [0.15, 0.2) is 0 Å². The molecule has 0 bridgehead atoms. The summed E-state index contributed by atoms with van der Waals surface area (Å²) in [5, 5.41) is 0. The minimum atomic E-state index is -0.205. The fraction of sp³-hybridized carbons (Fsp3) is 0.267. The second-order valence-electron chi connectivity index (χ2n) is 4.58. The molecular weight excluding hydrogens is 213 g/mol. The summed E-state index contributed by atoms with van der Waals surface area (Å²) in [5.41, 5.74) is 4.19. The zero-order chi connectivity index (χ0) is 12.4. The molecule has 0 spiro atoms. The molecule has 1 heterocycles. The summed E-state index contributed by atoms with van der Waals surface area (Å²) < 4.78 is 12.9. The Morgan fingerprint density at radius 2 is 1.65 bits per heavy atom.